The highest BCUT2D eigenvalue weighted by Gasteiger charge is 2.13. The fraction of sp³-hybridized carbons (Fsp3) is 0.154. The van der Waals surface area contributed by atoms with Crippen LogP contribution in [0.3, 0.4) is 0 Å². The number of anilines is 1. The van der Waals surface area contributed by atoms with Gasteiger partial charge in [0.25, 0.3) is 0 Å². The molecule has 0 amide bonds. The van der Waals surface area contributed by atoms with Crippen LogP contribution in [0.5, 0.6) is 0 Å². The number of nitrogens with one attached hydrogen (secondary N) is 2. The maximum atomic E-state index is 5.52. The van der Waals surface area contributed by atoms with E-state index in [2.05, 4.69) is 25.5 Å². The minimum atomic E-state index is 0.546. The van der Waals surface area contributed by atoms with Crippen molar-refractivity contribution >= 4 is 16.9 Å². The molecule has 2 aromatic heterocycles. The molecule has 0 atom stereocenters. The molecule has 0 bridgehead atoms. The van der Waals surface area contributed by atoms with E-state index in [1.165, 1.54) is 6.33 Å². The number of H-pyrrole nitrogens is 1. The first-order valence-corrected chi connectivity index (χ1v) is 6.08. The van der Waals surface area contributed by atoms with Crippen LogP contribution in [0.15, 0.2) is 36.7 Å². The lowest BCUT2D eigenvalue weighted by atomic mass is 10.1. The smallest absolute Gasteiger partial charge is 0.186 e. The predicted octanol–water partition coefficient (Wildman–Crippen LogP) is 1.39. The summed E-state index contributed by atoms with van der Waals surface area (Å²) in [6.45, 7) is 1.20. The van der Waals surface area contributed by atoms with Gasteiger partial charge in [0.1, 0.15) is 12.1 Å². The van der Waals surface area contributed by atoms with Crippen LogP contribution in [0.4, 0.5) is 5.82 Å². The Morgan fingerprint density at radius 1 is 1.16 bits per heavy atom. The van der Waals surface area contributed by atoms with Crippen molar-refractivity contribution in [1.29, 1.82) is 0 Å². The largest absolute Gasteiger partial charge is 0.368 e. The molecule has 0 aliphatic carbocycles. The molecule has 0 fully saturated rings. The number of rotatable bonds is 4. The Bertz CT molecular complexity index is 676. The summed E-state index contributed by atoms with van der Waals surface area (Å²) in [5, 5.41) is 11.3. The highest BCUT2D eigenvalue weighted by Crippen LogP contribution is 2.29. The molecule has 96 valence electrons. The summed E-state index contributed by atoms with van der Waals surface area (Å²) >= 11 is 0. The highest BCUT2D eigenvalue weighted by atomic mass is 15.2. The van der Waals surface area contributed by atoms with Crippen LogP contribution in [-0.2, 0) is 0 Å². The third kappa shape index (κ3) is 2.13. The van der Waals surface area contributed by atoms with Gasteiger partial charge in [0.15, 0.2) is 5.65 Å². The Kier molecular flexibility index (Phi) is 3.07. The van der Waals surface area contributed by atoms with Gasteiger partial charge in [-0.05, 0) is 0 Å². The molecule has 3 aromatic rings. The number of nitrogens with zero attached hydrogens (tertiary/aromatic N) is 3. The van der Waals surface area contributed by atoms with Crippen LogP contribution in [0.2, 0.25) is 0 Å². The zero-order chi connectivity index (χ0) is 13.1. The third-order valence-corrected chi connectivity index (χ3v) is 2.85. The van der Waals surface area contributed by atoms with Gasteiger partial charge in [-0.15, -0.1) is 0 Å². The molecule has 1 aromatic carbocycles. The lowest BCUT2D eigenvalue weighted by Crippen LogP contribution is -2.14. The SMILES string of the molecule is NCCNc1ncnc2n[nH]c(-c3ccccc3)c12. The molecule has 0 radical (unpaired) electrons. The average Bonchev–Trinajstić information content (AvgIpc) is 2.90. The zero-order valence-electron chi connectivity index (χ0n) is 10.3. The van der Waals surface area contributed by atoms with E-state index < -0.39 is 0 Å². The molecule has 3 rings (SSSR count). The molecule has 0 aliphatic heterocycles. The first-order valence-electron chi connectivity index (χ1n) is 6.08. The van der Waals surface area contributed by atoms with Crippen LogP contribution in [0.25, 0.3) is 22.3 Å². The standard InChI is InChI=1S/C13H14N6/c14-6-7-15-12-10-11(9-4-2-1-3-5-9)18-19-13(10)17-8-16-12/h1-5,8H,6-7,14H2,(H2,15,16,17,18,19). The lowest BCUT2D eigenvalue weighted by Gasteiger charge is -2.05. The van der Waals surface area contributed by atoms with Crippen molar-refractivity contribution in [3.8, 4) is 11.3 Å². The fourth-order valence-electron chi connectivity index (χ4n) is 1.99. The average molecular weight is 254 g/mol. The topological polar surface area (TPSA) is 92.5 Å². The monoisotopic (exact) mass is 254 g/mol. The Balaban J connectivity index is 2.15. The quantitative estimate of drug-likeness (QED) is 0.654. The van der Waals surface area contributed by atoms with Gasteiger partial charge in [-0.2, -0.15) is 5.10 Å². The van der Waals surface area contributed by atoms with E-state index >= 15 is 0 Å². The number of hydrogen-bond acceptors (Lipinski definition) is 5. The number of nitrogens with two attached hydrogens (primary N) is 1. The van der Waals surface area contributed by atoms with Gasteiger partial charge in [-0.3, -0.25) is 5.10 Å². The minimum Gasteiger partial charge on any atom is -0.368 e. The van der Waals surface area contributed by atoms with E-state index in [1.54, 1.807) is 0 Å². The minimum absolute atomic E-state index is 0.546. The van der Waals surface area contributed by atoms with Crippen molar-refractivity contribution in [2.75, 3.05) is 18.4 Å². The van der Waals surface area contributed by atoms with Crippen molar-refractivity contribution in [2.45, 2.75) is 0 Å². The Morgan fingerprint density at radius 2 is 2.00 bits per heavy atom. The van der Waals surface area contributed by atoms with Crippen LogP contribution in [0.1, 0.15) is 0 Å². The number of aromatic nitrogens is 4. The van der Waals surface area contributed by atoms with Crippen molar-refractivity contribution < 1.29 is 0 Å². The van der Waals surface area contributed by atoms with Crippen LogP contribution >= 0.6 is 0 Å². The Hall–Kier alpha value is -2.47. The number of hydrogen-bond donors (Lipinski definition) is 3. The molecule has 0 saturated carbocycles. The third-order valence-electron chi connectivity index (χ3n) is 2.85. The maximum absolute atomic E-state index is 5.52. The second-order valence-electron chi connectivity index (χ2n) is 4.10. The van der Waals surface area contributed by atoms with E-state index in [1.807, 2.05) is 30.3 Å². The van der Waals surface area contributed by atoms with Crippen molar-refractivity contribution in [1.82, 2.24) is 20.2 Å². The van der Waals surface area contributed by atoms with Gasteiger partial charge in [0, 0.05) is 18.7 Å². The van der Waals surface area contributed by atoms with E-state index in [4.69, 9.17) is 5.73 Å². The molecule has 0 saturated heterocycles. The van der Waals surface area contributed by atoms with E-state index in [0.717, 1.165) is 22.5 Å². The first kappa shape index (κ1) is 11.6. The molecule has 0 aliphatic rings. The van der Waals surface area contributed by atoms with Gasteiger partial charge in [-0.25, -0.2) is 9.97 Å². The summed E-state index contributed by atoms with van der Waals surface area (Å²) in [6, 6.07) is 9.99. The van der Waals surface area contributed by atoms with Gasteiger partial charge in [0.05, 0.1) is 11.1 Å². The molecular formula is C13H14N6. The molecule has 6 nitrogen and oxygen atoms in total. The van der Waals surface area contributed by atoms with E-state index in [9.17, 15) is 0 Å². The molecule has 0 unspecified atom stereocenters. The van der Waals surface area contributed by atoms with Gasteiger partial charge in [0.2, 0.25) is 0 Å². The molecule has 4 N–H and O–H groups in total. The molecule has 6 heteroatoms. The first-order chi connectivity index (χ1) is 9.40. The predicted molar refractivity (Wildman–Crippen MR) is 74.7 cm³/mol. The highest BCUT2D eigenvalue weighted by molar-refractivity contribution is 5.98. The van der Waals surface area contributed by atoms with Gasteiger partial charge in [-0.1, -0.05) is 30.3 Å². The summed E-state index contributed by atoms with van der Waals surface area (Å²) < 4.78 is 0. The summed E-state index contributed by atoms with van der Waals surface area (Å²) in [5.74, 6) is 0.753. The normalized spacial score (nSPS) is 10.8. The fourth-order valence-corrected chi connectivity index (χ4v) is 1.99. The lowest BCUT2D eigenvalue weighted by molar-refractivity contribution is 1.01. The Morgan fingerprint density at radius 3 is 2.79 bits per heavy atom. The molecular weight excluding hydrogens is 240 g/mol. The maximum Gasteiger partial charge on any atom is 0.186 e. The van der Waals surface area contributed by atoms with Crippen LogP contribution < -0.4 is 11.1 Å². The Labute approximate surface area is 110 Å². The van der Waals surface area contributed by atoms with E-state index in [0.29, 0.717) is 18.7 Å². The second-order valence-corrected chi connectivity index (χ2v) is 4.10. The van der Waals surface area contributed by atoms with E-state index in [-0.39, 0.29) is 0 Å². The number of benzene rings is 1. The summed E-state index contributed by atoms with van der Waals surface area (Å²) in [6.07, 6.45) is 1.50. The summed E-state index contributed by atoms with van der Waals surface area (Å²) in [5.41, 5.74) is 8.13. The van der Waals surface area contributed by atoms with Crippen LogP contribution in [0, 0.1) is 0 Å². The molecule has 0 spiro atoms. The van der Waals surface area contributed by atoms with Gasteiger partial charge >= 0.3 is 0 Å². The molecule has 19 heavy (non-hydrogen) atoms. The molecule has 2 heterocycles. The number of aromatic amines is 1. The summed E-state index contributed by atoms with van der Waals surface area (Å²) in [7, 11) is 0. The summed E-state index contributed by atoms with van der Waals surface area (Å²) in [4.78, 5) is 8.44. The van der Waals surface area contributed by atoms with Gasteiger partial charge < -0.3 is 11.1 Å². The van der Waals surface area contributed by atoms with Crippen molar-refractivity contribution in [3.63, 3.8) is 0 Å². The van der Waals surface area contributed by atoms with Crippen molar-refractivity contribution in [3.05, 3.63) is 36.7 Å². The second kappa shape index (κ2) is 5.03. The van der Waals surface area contributed by atoms with Crippen LogP contribution in [-0.4, -0.2) is 33.3 Å². The zero-order valence-corrected chi connectivity index (χ0v) is 10.3. The number of fused-ring (bicyclic) bond motifs is 1. The van der Waals surface area contributed by atoms with Crippen molar-refractivity contribution in [2.24, 2.45) is 5.73 Å².